The molecule has 0 radical (unpaired) electrons. The number of hydrogen-bond donors (Lipinski definition) is 3. The Balaban J connectivity index is 2.54. The summed E-state index contributed by atoms with van der Waals surface area (Å²) in [5, 5.41) is 21.7. The summed E-state index contributed by atoms with van der Waals surface area (Å²) in [7, 11) is 0. The lowest BCUT2D eigenvalue weighted by atomic mass is 10.2. The topological polar surface area (TPSA) is 52.5 Å². The van der Waals surface area contributed by atoms with Crippen LogP contribution in [-0.2, 0) is 6.54 Å². The van der Waals surface area contributed by atoms with Gasteiger partial charge in [-0.05, 0) is 35.3 Å². The maximum absolute atomic E-state index is 9.70. The number of para-hydroxylation sites is 1. The molecule has 1 atom stereocenters. The van der Waals surface area contributed by atoms with Gasteiger partial charge in [0.1, 0.15) is 5.75 Å². The fourth-order valence-electron chi connectivity index (χ4n) is 1.28. The lowest BCUT2D eigenvalue weighted by Crippen LogP contribution is -2.26. The van der Waals surface area contributed by atoms with Crippen LogP contribution in [0.1, 0.15) is 18.9 Å². The molecule has 3 nitrogen and oxygen atoms in total. The van der Waals surface area contributed by atoms with Crippen LogP contribution < -0.4 is 5.32 Å². The molecule has 0 amide bonds. The predicted octanol–water partition coefficient (Wildman–Crippen LogP) is 2.02. The monoisotopic (exact) mass is 273 g/mol. The molecule has 0 aliphatic rings. The minimum Gasteiger partial charge on any atom is -0.506 e. The van der Waals surface area contributed by atoms with Gasteiger partial charge in [-0.15, -0.1) is 0 Å². The lowest BCUT2D eigenvalue weighted by Gasteiger charge is -2.13. The van der Waals surface area contributed by atoms with Gasteiger partial charge in [0.05, 0.1) is 4.47 Å². The van der Waals surface area contributed by atoms with E-state index in [1.165, 1.54) is 0 Å². The van der Waals surface area contributed by atoms with Gasteiger partial charge in [0, 0.05) is 24.8 Å². The highest BCUT2D eigenvalue weighted by Gasteiger charge is 2.06. The Morgan fingerprint density at radius 2 is 2.20 bits per heavy atom. The smallest absolute Gasteiger partial charge is 0.134 e. The van der Waals surface area contributed by atoms with Gasteiger partial charge in [0.15, 0.2) is 0 Å². The van der Waals surface area contributed by atoms with E-state index in [1.807, 2.05) is 19.1 Å². The normalized spacial score (nSPS) is 12.7. The molecule has 0 bridgehead atoms. The molecule has 1 aromatic carbocycles. The molecule has 0 fully saturated rings. The largest absolute Gasteiger partial charge is 0.506 e. The standard InChI is InChI=1S/C11H16BrNO2/c1-8(5-6-14)13-7-9-3-2-4-10(12)11(9)15/h2-4,8,13-15H,5-7H2,1H3. The number of phenolic OH excluding ortho intramolecular Hbond substituents is 1. The molecule has 1 rings (SSSR count). The third-order valence-electron chi connectivity index (χ3n) is 2.27. The Morgan fingerprint density at radius 1 is 1.47 bits per heavy atom. The van der Waals surface area contributed by atoms with E-state index < -0.39 is 0 Å². The summed E-state index contributed by atoms with van der Waals surface area (Å²) in [6.45, 7) is 2.79. The van der Waals surface area contributed by atoms with E-state index in [-0.39, 0.29) is 18.4 Å². The van der Waals surface area contributed by atoms with E-state index in [0.29, 0.717) is 11.0 Å². The summed E-state index contributed by atoms with van der Waals surface area (Å²) in [6, 6.07) is 5.81. The molecule has 84 valence electrons. The van der Waals surface area contributed by atoms with Crippen LogP contribution in [-0.4, -0.2) is 22.9 Å². The maximum atomic E-state index is 9.70. The van der Waals surface area contributed by atoms with Crippen molar-refractivity contribution in [1.82, 2.24) is 5.32 Å². The molecule has 0 heterocycles. The first-order valence-corrected chi connectivity index (χ1v) is 5.75. The van der Waals surface area contributed by atoms with Gasteiger partial charge in [-0.1, -0.05) is 12.1 Å². The molecular formula is C11H16BrNO2. The van der Waals surface area contributed by atoms with Crippen molar-refractivity contribution < 1.29 is 10.2 Å². The van der Waals surface area contributed by atoms with Gasteiger partial charge in [-0.2, -0.15) is 0 Å². The Bertz CT molecular complexity index is 317. The molecule has 0 saturated heterocycles. The zero-order valence-corrected chi connectivity index (χ0v) is 10.3. The number of aromatic hydroxyl groups is 1. The third kappa shape index (κ3) is 3.81. The molecule has 0 saturated carbocycles. The van der Waals surface area contributed by atoms with E-state index in [9.17, 15) is 5.11 Å². The first-order chi connectivity index (χ1) is 7.15. The van der Waals surface area contributed by atoms with Crippen molar-refractivity contribution >= 4 is 15.9 Å². The fourth-order valence-corrected chi connectivity index (χ4v) is 1.69. The number of benzene rings is 1. The Hall–Kier alpha value is -0.580. The van der Waals surface area contributed by atoms with Crippen LogP contribution in [0.15, 0.2) is 22.7 Å². The molecular weight excluding hydrogens is 258 g/mol. The van der Waals surface area contributed by atoms with E-state index in [1.54, 1.807) is 6.07 Å². The van der Waals surface area contributed by atoms with Crippen LogP contribution in [0.4, 0.5) is 0 Å². The first kappa shape index (κ1) is 12.5. The van der Waals surface area contributed by atoms with Crippen molar-refractivity contribution in [2.75, 3.05) is 6.61 Å². The van der Waals surface area contributed by atoms with Crippen LogP contribution in [0.25, 0.3) is 0 Å². The summed E-state index contributed by atoms with van der Waals surface area (Å²) in [5.74, 6) is 0.279. The molecule has 0 aliphatic carbocycles. The Morgan fingerprint density at radius 3 is 2.87 bits per heavy atom. The second-order valence-corrected chi connectivity index (χ2v) is 4.40. The van der Waals surface area contributed by atoms with E-state index in [0.717, 1.165) is 12.0 Å². The Kier molecular flexibility index (Phi) is 5.08. The average molecular weight is 274 g/mol. The summed E-state index contributed by atoms with van der Waals surface area (Å²) in [5.41, 5.74) is 0.856. The predicted molar refractivity (Wildman–Crippen MR) is 63.8 cm³/mol. The average Bonchev–Trinajstić information content (AvgIpc) is 2.21. The second kappa shape index (κ2) is 6.10. The van der Waals surface area contributed by atoms with Crippen molar-refractivity contribution in [3.05, 3.63) is 28.2 Å². The molecule has 4 heteroatoms. The molecule has 1 unspecified atom stereocenters. The highest BCUT2D eigenvalue weighted by atomic mass is 79.9. The quantitative estimate of drug-likeness (QED) is 0.770. The van der Waals surface area contributed by atoms with E-state index in [2.05, 4.69) is 21.2 Å². The third-order valence-corrected chi connectivity index (χ3v) is 2.91. The van der Waals surface area contributed by atoms with Crippen LogP contribution in [0.2, 0.25) is 0 Å². The zero-order chi connectivity index (χ0) is 11.3. The number of hydrogen-bond acceptors (Lipinski definition) is 3. The maximum Gasteiger partial charge on any atom is 0.134 e. The van der Waals surface area contributed by atoms with Crippen molar-refractivity contribution in [1.29, 1.82) is 0 Å². The Labute approximate surface area is 98.3 Å². The first-order valence-electron chi connectivity index (χ1n) is 4.95. The molecule has 0 spiro atoms. The minimum atomic E-state index is 0.179. The number of aliphatic hydroxyl groups is 1. The minimum absolute atomic E-state index is 0.179. The van der Waals surface area contributed by atoms with E-state index in [4.69, 9.17) is 5.11 Å². The lowest BCUT2D eigenvalue weighted by molar-refractivity contribution is 0.268. The van der Waals surface area contributed by atoms with Crippen molar-refractivity contribution in [2.24, 2.45) is 0 Å². The number of aliphatic hydroxyl groups excluding tert-OH is 1. The van der Waals surface area contributed by atoms with Crippen LogP contribution in [0.5, 0.6) is 5.75 Å². The summed E-state index contributed by atoms with van der Waals surface area (Å²) in [6.07, 6.45) is 0.717. The zero-order valence-electron chi connectivity index (χ0n) is 8.70. The van der Waals surface area contributed by atoms with Gasteiger partial charge < -0.3 is 15.5 Å². The van der Waals surface area contributed by atoms with Crippen molar-refractivity contribution in [3.8, 4) is 5.75 Å². The summed E-state index contributed by atoms with van der Waals surface area (Å²) < 4.78 is 0.705. The molecule has 0 aliphatic heterocycles. The SMILES string of the molecule is CC(CCO)NCc1cccc(Br)c1O. The van der Waals surface area contributed by atoms with Gasteiger partial charge in [0.25, 0.3) is 0 Å². The fraction of sp³-hybridized carbons (Fsp3) is 0.455. The number of phenols is 1. The molecule has 1 aromatic rings. The van der Waals surface area contributed by atoms with Crippen LogP contribution in [0, 0.1) is 0 Å². The van der Waals surface area contributed by atoms with Crippen molar-refractivity contribution in [2.45, 2.75) is 25.9 Å². The van der Waals surface area contributed by atoms with Gasteiger partial charge >= 0.3 is 0 Å². The number of rotatable bonds is 5. The second-order valence-electron chi connectivity index (χ2n) is 3.54. The molecule has 3 N–H and O–H groups in total. The summed E-state index contributed by atoms with van der Waals surface area (Å²) >= 11 is 3.27. The molecule has 0 aromatic heterocycles. The van der Waals surface area contributed by atoms with Crippen LogP contribution in [0.3, 0.4) is 0 Å². The number of nitrogens with one attached hydrogen (secondary N) is 1. The van der Waals surface area contributed by atoms with Crippen molar-refractivity contribution in [3.63, 3.8) is 0 Å². The molecule has 15 heavy (non-hydrogen) atoms. The highest BCUT2D eigenvalue weighted by molar-refractivity contribution is 9.10. The highest BCUT2D eigenvalue weighted by Crippen LogP contribution is 2.27. The number of halogens is 1. The van der Waals surface area contributed by atoms with Gasteiger partial charge in [0.2, 0.25) is 0 Å². The van der Waals surface area contributed by atoms with E-state index >= 15 is 0 Å². The van der Waals surface area contributed by atoms with Crippen LogP contribution >= 0.6 is 15.9 Å². The van der Waals surface area contributed by atoms with Gasteiger partial charge in [-0.3, -0.25) is 0 Å². The summed E-state index contributed by atoms with van der Waals surface area (Å²) in [4.78, 5) is 0. The van der Waals surface area contributed by atoms with Gasteiger partial charge in [-0.25, -0.2) is 0 Å².